The van der Waals surface area contributed by atoms with Gasteiger partial charge in [0.1, 0.15) is 23.9 Å². The largest absolute Gasteiger partial charge is 0.491 e. The normalized spacial score (nSPS) is 19.8. The number of benzene rings is 2. The quantitative estimate of drug-likeness (QED) is 0.499. The van der Waals surface area contributed by atoms with Gasteiger partial charge in [-0.15, -0.1) is 0 Å². The van der Waals surface area contributed by atoms with Crippen LogP contribution in [0.1, 0.15) is 17.0 Å². The van der Waals surface area contributed by atoms with Gasteiger partial charge in [0.05, 0.1) is 18.1 Å². The van der Waals surface area contributed by atoms with Gasteiger partial charge >= 0.3 is 11.6 Å². The van der Waals surface area contributed by atoms with Gasteiger partial charge in [-0.2, -0.15) is 0 Å². The minimum atomic E-state index is -0.693. The molecule has 0 saturated heterocycles. The van der Waals surface area contributed by atoms with Crippen molar-refractivity contribution in [1.29, 1.82) is 0 Å². The van der Waals surface area contributed by atoms with Crippen molar-refractivity contribution in [2.75, 3.05) is 20.5 Å². The van der Waals surface area contributed by atoms with Crippen molar-refractivity contribution in [3.05, 3.63) is 64.0 Å². The summed E-state index contributed by atoms with van der Waals surface area (Å²) in [6.07, 6.45) is 0. The van der Waals surface area contributed by atoms with Gasteiger partial charge in [0.2, 0.25) is 6.79 Å². The third kappa shape index (κ3) is 2.43. The lowest BCUT2D eigenvalue weighted by Crippen LogP contribution is -2.36. The number of para-hydroxylation sites is 1. The van der Waals surface area contributed by atoms with Gasteiger partial charge in [0.15, 0.2) is 11.5 Å². The van der Waals surface area contributed by atoms with E-state index in [0.29, 0.717) is 33.8 Å². The number of fused-ring (bicyclic) bond motifs is 4. The molecule has 0 bridgehead atoms. The second-order valence-electron chi connectivity index (χ2n) is 6.66. The van der Waals surface area contributed by atoms with Gasteiger partial charge in [0, 0.05) is 5.92 Å². The molecule has 0 spiro atoms. The molecule has 5 rings (SSSR count). The number of esters is 1. The Bertz CT molecular complexity index is 1150. The molecule has 3 heterocycles. The molecule has 0 radical (unpaired) electrons. The summed E-state index contributed by atoms with van der Waals surface area (Å²) in [5, 5.41) is 0.686. The fraction of sp³-hybridized carbons (Fsp3) is 0.238. The van der Waals surface area contributed by atoms with Gasteiger partial charge in [0.25, 0.3) is 0 Å². The minimum absolute atomic E-state index is 0.0895. The Hall–Kier alpha value is -3.48. The van der Waals surface area contributed by atoms with Crippen LogP contribution in [0.15, 0.2) is 51.7 Å². The number of carbonyl (C=O) groups excluding carboxylic acids is 1. The SMILES string of the molecule is COC(=O)[C@@H]1COc2c(c(=O)oc3ccccc23)[C@H]1c1ccc2c(c1)OCO2. The number of methoxy groups -OCH3 is 1. The zero-order valence-electron chi connectivity index (χ0n) is 15.0. The van der Waals surface area contributed by atoms with E-state index >= 15 is 0 Å². The molecule has 0 unspecified atom stereocenters. The molecule has 2 atom stereocenters. The first-order valence-corrected chi connectivity index (χ1v) is 8.83. The van der Waals surface area contributed by atoms with Crippen molar-refractivity contribution in [3.8, 4) is 17.2 Å². The molecule has 2 aliphatic rings. The molecule has 7 nitrogen and oxygen atoms in total. The standard InChI is InChI=1S/C21H16O7/c1-24-20(22)13-9-25-19-12-4-2-3-5-14(12)28-21(23)18(19)17(13)11-6-7-15-16(8-11)27-10-26-15/h2-8,13,17H,9-10H2,1H3/t13-,17+/m1/s1. The molecular weight excluding hydrogens is 364 g/mol. The van der Waals surface area contributed by atoms with Crippen molar-refractivity contribution in [2.24, 2.45) is 5.92 Å². The summed E-state index contributed by atoms with van der Waals surface area (Å²) in [4.78, 5) is 25.4. The summed E-state index contributed by atoms with van der Waals surface area (Å²) < 4.78 is 27.2. The fourth-order valence-electron chi connectivity index (χ4n) is 3.89. The molecule has 0 saturated carbocycles. The maximum atomic E-state index is 12.9. The van der Waals surface area contributed by atoms with Crippen LogP contribution in [0, 0.1) is 5.92 Å². The van der Waals surface area contributed by atoms with E-state index in [-0.39, 0.29) is 13.4 Å². The average Bonchev–Trinajstić information content (AvgIpc) is 3.20. The molecule has 0 amide bonds. The van der Waals surface area contributed by atoms with Gasteiger partial charge in [-0.1, -0.05) is 18.2 Å². The molecule has 0 aliphatic carbocycles. The Morgan fingerprint density at radius 2 is 1.89 bits per heavy atom. The molecule has 7 heteroatoms. The maximum Gasteiger partial charge on any atom is 0.343 e. The lowest BCUT2D eigenvalue weighted by atomic mass is 9.79. The summed E-state index contributed by atoms with van der Waals surface area (Å²) in [5.74, 6) is -0.112. The Labute approximate surface area is 159 Å². The third-order valence-electron chi connectivity index (χ3n) is 5.18. The first-order chi connectivity index (χ1) is 13.7. The van der Waals surface area contributed by atoms with Crippen LogP contribution in [0.3, 0.4) is 0 Å². The summed E-state index contributed by atoms with van der Waals surface area (Å²) in [6, 6.07) is 12.5. The first-order valence-electron chi connectivity index (χ1n) is 8.83. The van der Waals surface area contributed by atoms with Crippen LogP contribution in [0.2, 0.25) is 0 Å². The second kappa shape index (κ2) is 6.30. The zero-order valence-corrected chi connectivity index (χ0v) is 15.0. The van der Waals surface area contributed by atoms with E-state index in [2.05, 4.69) is 0 Å². The van der Waals surface area contributed by atoms with Crippen molar-refractivity contribution < 1.29 is 28.2 Å². The Morgan fingerprint density at radius 1 is 1.07 bits per heavy atom. The van der Waals surface area contributed by atoms with Crippen LogP contribution in [-0.2, 0) is 9.53 Å². The summed E-state index contributed by atoms with van der Waals surface area (Å²) in [7, 11) is 1.32. The highest BCUT2D eigenvalue weighted by Crippen LogP contribution is 2.45. The highest BCUT2D eigenvalue weighted by molar-refractivity contribution is 5.86. The summed E-state index contributed by atoms with van der Waals surface area (Å²) >= 11 is 0. The number of hydrogen-bond donors (Lipinski definition) is 0. The van der Waals surface area contributed by atoms with E-state index in [0.717, 1.165) is 5.56 Å². The fourth-order valence-corrected chi connectivity index (χ4v) is 3.89. The lowest BCUT2D eigenvalue weighted by molar-refractivity contribution is -0.147. The predicted octanol–water partition coefficient (Wildman–Crippen LogP) is 2.84. The topological polar surface area (TPSA) is 84.2 Å². The van der Waals surface area contributed by atoms with Gasteiger partial charge < -0.3 is 23.4 Å². The van der Waals surface area contributed by atoms with E-state index in [4.69, 9.17) is 23.4 Å². The van der Waals surface area contributed by atoms with Crippen molar-refractivity contribution in [1.82, 2.24) is 0 Å². The number of carbonyl (C=O) groups is 1. The smallest absolute Gasteiger partial charge is 0.343 e. The van der Waals surface area contributed by atoms with Crippen molar-refractivity contribution in [2.45, 2.75) is 5.92 Å². The van der Waals surface area contributed by atoms with E-state index in [1.807, 2.05) is 18.2 Å². The van der Waals surface area contributed by atoms with Crippen LogP contribution >= 0.6 is 0 Å². The average molecular weight is 380 g/mol. The molecule has 1 aromatic heterocycles. The van der Waals surface area contributed by atoms with Crippen LogP contribution < -0.4 is 19.8 Å². The molecule has 0 fully saturated rings. The predicted molar refractivity (Wildman–Crippen MR) is 97.9 cm³/mol. The van der Waals surface area contributed by atoms with Gasteiger partial charge in [-0.3, -0.25) is 4.79 Å². The van der Waals surface area contributed by atoms with Crippen molar-refractivity contribution >= 4 is 16.9 Å². The monoisotopic (exact) mass is 380 g/mol. The second-order valence-corrected chi connectivity index (χ2v) is 6.66. The van der Waals surface area contributed by atoms with E-state index in [1.165, 1.54) is 7.11 Å². The van der Waals surface area contributed by atoms with Crippen molar-refractivity contribution in [3.63, 3.8) is 0 Å². The number of ether oxygens (including phenoxy) is 4. The van der Waals surface area contributed by atoms with Crippen LogP contribution in [0.5, 0.6) is 17.2 Å². The molecule has 3 aromatic rings. The highest BCUT2D eigenvalue weighted by atomic mass is 16.7. The molecule has 28 heavy (non-hydrogen) atoms. The third-order valence-corrected chi connectivity index (χ3v) is 5.18. The van der Waals surface area contributed by atoms with Gasteiger partial charge in [-0.25, -0.2) is 4.79 Å². The Balaban J connectivity index is 1.76. The van der Waals surface area contributed by atoms with Gasteiger partial charge in [-0.05, 0) is 29.8 Å². The zero-order chi connectivity index (χ0) is 19.3. The molecule has 2 aliphatic heterocycles. The van der Waals surface area contributed by atoms with E-state index in [9.17, 15) is 9.59 Å². The molecule has 2 aromatic carbocycles. The van der Waals surface area contributed by atoms with Crippen LogP contribution in [-0.4, -0.2) is 26.5 Å². The molecule has 0 N–H and O–H groups in total. The molecular formula is C21H16O7. The minimum Gasteiger partial charge on any atom is -0.491 e. The summed E-state index contributed by atoms with van der Waals surface area (Å²) in [5.41, 5.74) is 0.933. The number of rotatable bonds is 2. The Kier molecular flexibility index (Phi) is 3.75. The van der Waals surface area contributed by atoms with E-state index < -0.39 is 23.4 Å². The van der Waals surface area contributed by atoms with Crippen LogP contribution in [0.25, 0.3) is 11.0 Å². The number of hydrogen-bond acceptors (Lipinski definition) is 7. The summed E-state index contributed by atoms with van der Waals surface area (Å²) in [6.45, 7) is 0.225. The lowest BCUT2D eigenvalue weighted by Gasteiger charge is -2.31. The highest BCUT2D eigenvalue weighted by Gasteiger charge is 2.41. The maximum absolute atomic E-state index is 12.9. The molecule has 142 valence electrons. The van der Waals surface area contributed by atoms with E-state index in [1.54, 1.807) is 24.3 Å². The Morgan fingerprint density at radius 3 is 2.75 bits per heavy atom. The first kappa shape index (κ1) is 16.7. The van der Waals surface area contributed by atoms with Crippen LogP contribution in [0.4, 0.5) is 0 Å².